The Morgan fingerprint density at radius 2 is 2.20 bits per heavy atom. The highest BCUT2D eigenvalue weighted by molar-refractivity contribution is 6.31. The molecule has 1 aromatic heterocycles. The van der Waals surface area contributed by atoms with E-state index >= 15 is 0 Å². The molecule has 2 N–H and O–H groups in total. The molecule has 6 nitrogen and oxygen atoms in total. The van der Waals surface area contributed by atoms with Gasteiger partial charge < -0.3 is 10.4 Å². The molecule has 0 saturated carbocycles. The van der Waals surface area contributed by atoms with Gasteiger partial charge in [-0.3, -0.25) is 9.48 Å². The molecule has 1 aromatic carbocycles. The smallest absolute Gasteiger partial charge is 0.338 e. The van der Waals surface area contributed by atoms with Gasteiger partial charge in [-0.25, -0.2) is 4.79 Å². The van der Waals surface area contributed by atoms with Crippen LogP contribution >= 0.6 is 11.6 Å². The van der Waals surface area contributed by atoms with Crippen molar-refractivity contribution in [3.63, 3.8) is 0 Å². The number of amides is 1. The predicted molar refractivity (Wildman–Crippen MR) is 74.0 cm³/mol. The SMILES string of the molecule is Cc1ccc(Cl)cc1NC(=O)Cn1cc(C(=O)O)cn1. The van der Waals surface area contributed by atoms with Gasteiger partial charge in [0.1, 0.15) is 6.54 Å². The zero-order valence-corrected chi connectivity index (χ0v) is 11.4. The number of aromatic nitrogens is 2. The summed E-state index contributed by atoms with van der Waals surface area (Å²) in [6.07, 6.45) is 2.49. The van der Waals surface area contributed by atoms with E-state index in [9.17, 15) is 9.59 Å². The predicted octanol–water partition coefficient (Wildman–Crippen LogP) is 2.18. The van der Waals surface area contributed by atoms with E-state index < -0.39 is 5.97 Å². The molecule has 0 atom stereocenters. The van der Waals surface area contributed by atoms with E-state index in [0.29, 0.717) is 10.7 Å². The summed E-state index contributed by atoms with van der Waals surface area (Å²) in [5.74, 6) is -1.39. The van der Waals surface area contributed by atoms with Crippen LogP contribution in [0, 0.1) is 6.92 Å². The highest BCUT2D eigenvalue weighted by atomic mass is 35.5. The van der Waals surface area contributed by atoms with Gasteiger partial charge in [-0.1, -0.05) is 17.7 Å². The maximum atomic E-state index is 11.9. The normalized spacial score (nSPS) is 10.3. The molecule has 0 aliphatic heterocycles. The number of rotatable bonds is 4. The molecule has 0 bridgehead atoms. The van der Waals surface area contributed by atoms with Crippen molar-refractivity contribution in [3.05, 3.63) is 46.7 Å². The number of nitrogens with one attached hydrogen (secondary N) is 1. The van der Waals surface area contributed by atoms with Crippen LogP contribution in [0.1, 0.15) is 15.9 Å². The molecule has 20 heavy (non-hydrogen) atoms. The van der Waals surface area contributed by atoms with Crippen molar-refractivity contribution in [2.45, 2.75) is 13.5 Å². The number of halogens is 1. The number of nitrogens with zero attached hydrogens (tertiary/aromatic N) is 2. The Bertz CT molecular complexity index is 667. The molecule has 104 valence electrons. The van der Waals surface area contributed by atoms with Crippen LogP contribution in [-0.4, -0.2) is 26.8 Å². The lowest BCUT2D eigenvalue weighted by Crippen LogP contribution is -2.19. The molecule has 0 saturated heterocycles. The molecule has 1 heterocycles. The molecule has 2 rings (SSSR count). The van der Waals surface area contributed by atoms with Crippen LogP contribution < -0.4 is 5.32 Å². The summed E-state index contributed by atoms with van der Waals surface area (Å²) in [6.45, 7) is 1.78. The minimum atomic E-state index is -1.08. The Labute approximate surface area is 120 Å². The number of carboxylic acids is 1. The highest BCUT2D eigenvalue weighted by Crippen LogP contribution is 2.20. The number of hydrogen-bond acceptors (Lipinski definition) is 3. The van der Waals surface area contributed by atoms with Crippen LogP contribution in [0.3, 0.4) is 0 Å². The fraction of sp³-hybridized carbons (Fsp3) is 0.154. The number of carbonyl (C=O) groups excluding carboxylic acids is 1. The second kappa shape index (κ2) is 5.75. The molecule has 1 amide bonds. The molecule has 0 fully saturated rings. The fourth-order valence-electron chi connectivity index (χ4n) is 1.63. The van der Waals surface area contributed by atoms with Crippen molar-refractivity contribution in [3.8, 4) is 0 Å². The minimum Gasteiger partial charge on any atom is -0.478 e. The van der Waals surface area contributed by atoms with E-state index in [1.54, 1.807) is 18.2 Å². The lowest BCUT2D eigenvalue weighted by Gasteiger charge is -2.08. The zero-order chi connectivity index (χ0) is 14.7. The van der Waals surface area contributed by atoms with Crippen molar-refractivity contribution in [2.75, 3.05) is 5.32 Å². The van der Waals surface area contributed by atoms with Gasteiger partial charge in [-0.15, -0.1) is 0 Å². The number of carboxylic acid groups (broad SMARTS) is 1. The number of benzene rings is 1. The van der Waals surface area contributed by atoms with Gasteiger partial charge in [-0.2, -0.15) is 5.10 Å². The third-order valence-corrected chi connectivity index (χ3v) is 2.89. The molecule has 0 aliphatic carbocycles. The second-order valence-electron chi connectivity index (χ2n) is 4.24. The van der Waals surface area contributed by atoms with Gasteiger partial charge in [0.05, 0.1) is 11.8 Å². The quantitative estimate of drug-likeness (QED) is 0.905. The van der Waals surface area contributed by atoms with E-state index in [0.717, 1.165) is 5.56 Å². The molecular formula is C13H12ClN3O3. The van der Waals surface area contributed by atoms with Crippen LogP contribution in [0.25, 0.3) is 0 Å². The van der Waals surface area contributed by atoms with Crippen LogP contribution in [0.15, 0.2) is 30.6 Å². The van der Waals surface area contributed by atoms with Crippen molar-refractivity contribution in [1.29, 1.82) is 0 Å². The Balaban J connectivity index is 2.05. The Hall–Kier alpha value is -2.34. The molecule has 0 unspecified atom stereocenters. The monoisotopic (exact) mass is 293 g/mol. The van der Waals surface area contributed by atoms with Gasteiger partial charge in [0.2, 0.25) is 5.91 Å². The van der Waals surface area contributed by atoms with E-state index in [4.69, 9.17) is 16.7 Å². The lowest BCUT2D eigenvalue weighted by molar-refractivity contribution is -0.116. The molecule has 7 heteroatoms. The van der Waals surface area contributed by atoms with Gasteiger partial charge in [0.25, 0.3) is 0 Å². The van der Waals surface area contributed by atoms with Gasteiger partial charge in [-0.05, 0) is 24.6 Å². The topological polar surface area (TPSA) is 84.2 Å². The van der Waals surface area contributed by atoms with Crippen LogP contribution in [-0.2, 0) is 11.3 Å². The average molecular weight is 294 g/mol. The molecular weight excluding hydrogens is 282 g/mol. The standard InChI is InChI=1S/C13H12ClN3O3/c1-8-2-3-10(14)4-11(8)16-12(18)7-17-6-9(5-15-17)13(19)20/h2-6H,7H2,1H3,(H,16,18)(H,19,20). The van der Waals surface area contributed by atoms with E-state index in [1.807, 2.05) is 6.92 Å². The number of hydrogen-bond donors (Lipinski definition) is 2. The summed E-state index contributed by atoms with van der Waals surface area (Å²) in [7, 11) is 0. The maximum Gasteiger partial charge on any atom is 0.338 e. The Morgan fingerprint density at radius 3 is 2.85 bits per heavy atom. The summed E-state index contributed by atoms with van der Waals surface area (Å²) in [4.78, 5) is 22.6. The fourth-order valence-corrected chi connectivity index (χ4v) is 1.80. The first-order valence-corrected chi connectivity index (χ1v) is 6.15. The van der Waals surface area contributed by atoms with E-state index in [2.05, 4.69) is 10.4 Å². The largest absolute Gasteiger partial charge is 0.478 e. The summed E-state index contributed by atoms with van der Waals surface area (Å²) in [6, 6.07) is 5.19. The maximum absolute atomic E-state index is 11.9. The zero-order valence-electron chi connectivity index (χ0n) is 10.6. The second-order valence-corrected chi connectivity index (χ2v) is 4.68. The Morgan fingerprint density at radius 1 is 1.45 bits per heavy atom. The minimum absolute atomic E-state index is 0.0386. The first kappa shape index (κ1) is 14.1. The summed E-state index contributed by atoms with van der Waals surface area (Å²) >= 11 is 5.86. The van der Waals surface area contributed by atoms with Crippen molar-refractivity contribution < 1.29 is 14.7 Å². The van der Waals surface area contributed by atoms with Crippen LogP contribution in [0.4, 0.5) is 5.69 Å². The highest BCUT2D eigenvalue weighted by Gasteiger charge is 2.10. The average Bonchev–Trinajstić information content (AvgIpc) is 2.82. The number of anilines is 1. The van der Waals surface area contributed by atoms with Crippen molar-refractivity contribution >= 4 is 29.2 Å². The Kier molecular flexibility index (Phi) is 4.05. The van der Waals surface area contributed by atoms with E-state index in [-0.39, 0.29) is 18.0 Å². The van der Waals surface area contributed by atoms with Crippen molar-refractivity contribution in [2.24, 2.45) is 0 Å². The molecule has 0 spiro atoms. The number of aromatic carboxylic acids is 1. The van der Waals surface area contributed by atoms with Gasteiger partial charge >= 0.3 is 5.97 Å². The first-order valence-electron chi connectivity index (χ1n) is 5.77. The van der Waals surface area contributed by atoms with Gasteiger partial charge in [0, 0.05) is 16.9 Å². The summed E-state index contributed by atoms with van der Waals surface area (Å²) in [5.41, 5.74) is 1.54. The lowest BCUT2D eigenvalue weighted by atomic mass is 10.2. The molecule has 0 radical (unpaired) electrons. The van der Waals surface area contributed by atoms with Gasteiger partial charge in [0.15, 0.2) is 0 Å². The third-order valence-electron chi connectivity index (χ3n) is 2.66. The van der Waals surface area contributed by atoms with E-state index in [1.165, 1.54) is 17.1 Å². The third kappa shape index (κ3) is 3.36. The van der Waals surface area contributed by atoms with Crippen molar-refractivity contribution in [1.82, 2.24) is 9.78 Å². The van der Waals surface area contributed by atoms with Crippen LogP contribution in [0.5, 0.6) is 0 Å². The molecule has 2 aromatic rings. The number of carbonyl (C=O) groups is 2. The van der Waals surface area contributed by atoms with Crippen LogP contribution in [0.2, 0.25) is 5.02 Å². The first-order chi connectivity index (χ1) is 9.45. The summed E-state index contributed by atoms with van der Waals surface area (Å²) in [5, 5.41) is 15.8. The number of aryl methyl sites for hydroxylation is 1. The summed E-state index contributed by atoms with van der Waals surface area (Å²) < 4.78 is 1.26. The molecule has 0 aliphatic rings.